The monoisotopic (exact) mass is 739 g/mol. The summed E-state index contributed by atoms with van der Waals surface area (Å²) >= 11 is 0. The highest BCUT2D eigenvalue weighted by molar-refractivity contribution is 6.62. The van der Waals surface area contributed by atoms with E-state index in [0.29, 0.717) is 46.8 Å². The number of alkyl carbamates (subject to hydrolysis) is 1. The number of hydrogen-bond acceptors (Lipinski definition) is 12. The van der Waals surface area contributed by atoms with E-state index < -0.39 is 36.9 Å². The van der Waals surface area contributed by atoms with Gasteiger partial charge in [0.05, 0.1) is 18.3 Å². The van der Waals surface area contributed by atoms with Gasteiger partial charge in [-0.05, 0) is 87.7 Å². The summed E-state index contributed by atoms with van der Waals surface area (Å²) in [5, 5.41) is 30.0. The third-order valence-electron chi connectivity index (χ3n) is 9.10. The lowest BCUT2D eigenvalue weighted by Gasteiger charge is -2.26. The zero-order valence-corrected chi connectivity index (χ0v) is 30.6. The Kier molecular flexibility index (Phi) is 12.3. The number of hydrogen-bond donors (Lipinski definition) is 5. The molecule has 284 valence electrons. The Morgan fingerprint density at radius 2 is 1.80 bits per heavy atom. The first-order chi connectivity index (χ1) is 25.9. The summed E-state index contributed by atoms with van der Waals surface area (Å²) in [4.78, 5) is 47.6. The maximum atomic E-state index is 13.0. The van der Waals surface area contributed by atoms with Gasteiger partial charge in [-0.15, -0.1) is 0 Å². The lowest BCUT2D eigenvalue weighted by atomic mass is 9.79. The number of para-hydroxylation sites is 1. The molecule has 0 radical (unpaired) electrons. The van der Waals surface area contributed by atoms with Crippen molar-refractivity contribution in [3.8, 4) is 5.75 Å². The van der Waals surface area contributed by atoms with Gasteiger partial charge in [0.1, 0.15) is 29.5 Å². The fraction of sp³-hybridized carbons (Fsp3) is 0.410. The smallest absolute Gasteiger partial charge is 0.488 e. The van der Waals surface area contributed by atoms with E-state index in [1.807, 2.05) is 54.6 Å². The highest BCUT2D eigenvalue weighted by atomic mass is 16.6. The standard InChI is InChI=1S/C39H46BN5O9/c1-39(2,3)53-38(49)44-31(36(48)51-23-24-8-5-4-6-9-24)18-19-34(47)41-22-33-29-17-12-26(20-30(29)40(50)54-33)43-37-42-21-25-10-7-11-32(35(25)45-37)52-28-15-13-27(46)14-16-28/h4-12,17,20-21,27-28,31,33,46,50H,13-16,18-19,22-23H2,1-3H3,(H,41,47)(H,44,49)(H,42,43,45)/t27-,28+,31-,33?/m0/s1. The summed E-state index contributed by atoms with van der Waals surface area (Å²) in [5.41, 5.74) is 2.52. The molecule has 0 bridgehead atoms. The molecule has 1 aliphatic carbocycles. The first-order valence-corrected chi connectivity index (χ1v) is 18.2. The maximum Gasteiger partial charge on any atom is 0.492 e. The Labute approximate surface area is 314 Å². The predicted molar refractivity (Wildman–Crippen MR) is 201 cm³/mol. The van der Waals surface area contributed by atoms with Crippen molar-refractivity contribution < 1.29 is 43.4 Å². The van der Waals surface area contributed by atoms with Gasteiger partial charge in [0, 0.05) is 30.2 Å². The van der Waals surface area contributed by atoms with Crippen LogP contribution in [0.25, 0.3) is 10.9 Å². The van der Waals surface area contributed by atoms with E-state index in [1.54, 1.807) is 39.1 Å². The summed E-state index contributed by atoms with van der Waals surface area (Å²) in [7, 11) is -1.23. The molecule has 0 spiro atoms. The average molecular weight is 740 g/mol. The van der Waals surface area contributed by atoms with Crippen molar-refractivity contribution >= 4 is 53.1 Å². The minimum Gasteiger partial charge on any atom is -0.488 e. The number of fused-ring (bicyclic) bond motifs is 2. The summed E-state index contributed by atoms with van der Waals surface area (Å²) in [6.45, 7) is 5.19. The van der Waals surface area contributed by atoms with Gasteiger partial charge < -0.3 is 44.9 Å². The molecule has 0 saturated heterocycles. The molecule has 14 nitrogen and oxygen atoms in total. The van der Waals surface area contributed by atoms with Crippen molar-refractivity contribution in [1.82, 2.24) is 20.6 Å². The normalized spacial score (nSPS) is 18.7. The highest BCUT2D eigenvalue weighted by Crippen LogP contribution is 2.30. The minimum atomic E-state index is -1.23. The Morgan fingerprint density at radius 3 is 2.56 bits per heavy atom. The van der Waals surface area contributed by atoms with E-state index in [0.717, 1.165) is 23.8 Å². The van der Waals surface area contributed by atoms with Crippen LogP contribution in [-0.2, 0) is 30.3 Å². The van der Waals surface area contributed by atoms with E-state index in [2.05, 4.69) is 20.9 Å². The van der Waals surface area contributed by atoms with Gasteiger partial charge in [-0.2, -0.15) is 0 Å². The van der Waals surface area contributed by atoms with Crippen LogP contribution in [0.3, 0.4) is 0 Å². The fourth-order valence-corrected chi connectivity index (χ4v) is 6.37. The number of aromatic nitrogens is 2. The summed E-state index contributed by atoms with van der Waals surface area (Å²) in [5.74, 6) is -0.0792. The molecular weight excluding hydrogens is 693 g/mol. The number of anilines is 2. The molecule has 2 atom stereocenters. The number of carbonyl (C=O) groups is 3. The molecule has 5 N–H and O–H groups in total. The van der Waals surface area contributed by atoms with Crippen LogP contribution in [0, 0.1) is 0 Å². The highest BCUT2D eigenvalue weighted by Gasteiger charge is 2.35. The SMILES string of the molecule is CC(C)(C)OC(=O)N[C@@H](CCC(=O)NCC1OB(O)c2cc(Nc3ncc4cccc(O[C@H]5CC[C@@H](O)CC5)c4n3)ccc21)C(=O)OCc1ccccc1. The number of nitrogens with one attached hydrogen (secondary N) is 3. The minimum absolute atomic E-state index is 0.00773. The van der Waals surface area contributed by atoms with Gasteiger partial charge in [-0.1, -0.05) is 48.5 Å². The largest absolute Gasteiger partial charge is 0.492 e. The molecule has 2 aliphatic rings. The topological polar surface area (TPSA) is 190 Å². The first-order valence-electron chi connectivity index (χ1n) is 18.2. The van der Waals surface area contributed by atoms with E-state index in [9.17, 15) is 24.5 Å². The predicted octanol–water partition coefficient (Wildman–Crippen LogP) is 4.35. The second-order valence-corrected chi connectivity index (χ2v) is 14.5. The van der Waals surface area contributed by atoms with Crippen LogP contribution in [0.1, 0.15) is 76.5 Å². The van der Waals surface area contributed by atoms with Crippen LogP contribution in [0.4, 0.5) is 16.4 Å². The van der Waals surface area contributed by atoms with E-state index in [-0.39, 0.29) is 44.1 Å². The zero-order valence-electron chi connectivity index (χ0n) is 30.6. The van der Waals surface area contributed by atoms with Crippen LogP contribution in [-0.4, -0.2) is 75.6 Å². The molecule has 1 aromatic heterocycles. The lowest BCUT2D eigenvalue weighted by Crippen LogP contribution is -2.45. The average Bonchev–Trinajstić information content (AvgIpc) is 3.46. The molecule has 2 heterocycles. The number of amides is 2. The molecule has 1 aliphatic heterocycles. The molecule has 1 fully saturated rings. The molecule has 54 heavy (non-hydrogen) atoms. The number of aliphatic hydroxyl groups is 1. The third kappa shape index (κ3) is 10.5. The molecule has 6 rings (SSSR count). The van der Waals surface area contributed by atoms with Crippen molar-refractivity contribution in [2.24, 2.45) is 0 Å². The van der Waals surface area contributed by atoms with Gasteiger partial charge in [-0.25, -0.2) is 19.6 Å². The number of aliphatic hydroxyl groups excluding tert-OH is 1. The van der Waals surface area contributed by atoms with Crippen molar-refractivity contribution in [3.05, 3.63) is 84.1 Å². The lowest BCUT2D eigenvalue weighted by molar-refractivity contribution is -0.147. The molecule has 2 amide bonds. The van der Waals surface area contributed by atoms with E-state index >= 15 is 0 Å². The summed E-state index contributed by atoms with van der Waals surface area (Å²) in [6.07, 6.45) is 2.86. The molecule has 4 aromatic rings. The van der Waals surface area contributed by atoms with E-state index in [4.69, 9.17) is 23.8 Å². The molecule has 1 unspecified atom stereocenters. The number of carbonyl (C=O) groups excluding carboxylic acids is 3. The fourth-order valence-electron chi connectivity index (χ4n) is 6.37. The quantitative estimate of drug-likeness (QED) is 0.0965. The van der Waals surface area contributed by atoms with Gasteiger partial charge in [0.2, 0.25) is 11.9 Å². The van der Waals surface area contributed by atoms with Gasteiger partial charge in [0.25, 0.3) is 0 Å². The molecule has 1 saturated carbocycles. The van der Waals surface area contributed by atoms with Gasteiger partial charge in [0.15, 0.2) is 0 Å². The number of ether oxygens (including phenoxy) is 3. The molecule has 3 aromatic carbocycles. The molecule has 15 heteroatoms. The zero-order chi connectivity index (χ0) is 38.2. The third-order valence-corrected chi connectivity index (χ3v) is 9.10. The van der Waals surface area contributed by atoms with Crippen molar-refractivity contribution in [3.63, 3.8) is 0 Å². The van der Waals surface area contributed by atoms with Crippen LogP contribution in [0.15, 0.2) is 72.9 Å². The van der Waals surface area contributed by atoms with Gasteiger partial charge >= 0.3 is 19.2 Å². The van der Waals surface area contributed by atoms with E-state index in [1.165, 1.54) is 0 Å². The summed E-state index contributed by atoms with van der Waals surface area (Å²) < 4.78 is 22.8. The second kappa shape index (κ2) is 17.3. The van der Waals surface area contributed by atoms with Crippen molar-refractivity contribution in [1.29, 1.82) is 0 Å². The Bertz CT molecular complexity index is 1940. The van der Waals surface area contributed by atoms with Crippen LogP contribution < -0.4 is 26.2 Å². The number of rotatable bonds is 13. The van der Waals surface area contributed by atoms with Crippen molar-refractivity contribution in [2.45, 2.75) is 95.9 Å². The van der Waals surface area contributed by atoms with Gasteiger partial charge in [-0.3, -0.25) is 4.79 Å². The second-order valence-electron chi connectivity index (χ2n) is 14.5. The number of benzene rings is 3. The molecular formula is C39H46BN5O9. The Morgan fingerprint density at radius 1 is 1.02 bits per heavy atom. The summed E-state index contributed by atoms with van der Waals surface area (Å²) in [6, 6.07) is 19.1. The number of nitrogens with zero attached hydrogens (tertiary/aromatic N) is 2. The Hall–Kier alpha value is -5.25. The van der Waals surface area contributed by atoms with Crippen molar-refractivity contribution in [2.75, 3.05) is 11.9 Å². The Balaban J connectivity index is 1.04. The number of esters is 1. The van der Waals surface area contributed by atoms with Crippen LogP contribution >= 0.6 is 0 Å². The maximum absolute atomic E-state index is 13.0. The van der Waals surface area contributed by atoms with Crippen LogP contribution in [0.5, 0.6) is 5.75 Å². The van der Waals surface area contributed by atoms with Crippen LogP contribution in [0.2, 0.25) is 0 Å². The first kappa shape index (κ1) is 38.5.